The van der Waals surface area contributed by atoms with Gasteiger partial charge in [0.15, 0.2) is 0 Å². The molecule has 1 aromatic heterocycles. The maximum absolute atomic E-state index is 4.57. The van der Waals surface area contributed by atoms with E-state index in [1.807, 2.05) is 12.3 Å². The average molecular weight is 247 g/mol. The first-order valence-electron chi connectivity index (χ1n) is 7.18. The molecule has 1 aromatic rings. The quantitative estimate of drug-likeness (QED) is 0.867. The Morgan fingerprint density at radius 1 is 1.39 bits per heavy atom. The van der Waals surface area contributed by atoms with Gasteiger partial charge in [-0.05, 0) is 56.8 Å². The van der Waals surface area contributed by atoms with E-state index >= 15 is 0 Å². The van der Waals surface area contributed by atoms with Crippen LogP contribution in [0.25, 0.3) is 0 Å². The van der Waals surface area contributed by atoms with Crippen molar-refractivity contribution >= 4 is 5.82 Å². The number of nitrogens with one attached hydrogen (secondary N) is 1. The molecule has 2 heterocycles. The Hall–Kier alpha value is -1.09. The Morgan fingerprint density at radius 3 is 2.83 bits per heavy atom. The van der Waals surface area contributed by atoms with Crippen LogP contribution in [0.1, 0.15) is 31.7 Å². The molecule has 18 heavy (non-hydrogen) atoms. The van der Waals surface area contributed by atoms with E-state index in [1.54, 1.807) is 0 Å². The molecule has 0 aromatic carbocycles. The van der Waals surface area contributed by atoms with Gasteiger partial charge in [-0.3, -0.25) is 0 Å². The number of rotatable bonds is 5. The van der Waals surface area contributed by atoms with Gasteiger partial charge in [-0.25, -0.2) is 4.98 Å². The van der Waals surface area contributed by atoms with Gasteiger partial charge in [-0.15, -0.1) is 0 Å². The van der Waals surface area contributed by atoms with Crippen molar-refractivity contribution in [3.8, 4) is 0 Å². The van der Waals surface area contributed by atoms with Gasteiger partial charge in [0, 0.05) is 19.3 Å². The summed E-state index contributed by atoms with van der Waals surface area (Å²) >= 11 is 0. The first kappa shape index (κ1) is 13.3. The largest absolute Gasteiger partial charge is 0.356 e. The highest BCUT2D eigenvalue weighted by atomic mass is 15.2. The highest BCUT2D eigenvalue weighted by Gasteiger charge is 2.18. The van der Waals surface area contributed by atoms with Gasteiger partial charge in [-0.1, -0.05) is 13.0 Å². The second-order valence-electron chi connectivity index (χ2n) is 5.28. The molecule has 1 fully saturated rings. The summed E-state index contributed by atoms with van der Waals surface area (Å²) < 4.78 is 0. The zero-order valence-electron chi connectivity index (χ0n) is 11.7. The maximum atomic E-state index is 4.57. The predicted octanol–water partition coefficient (Wildman–Crippen LogP) is 2.61. The summed E-state index contributed by atoms with van der Waals surface area (Å²) in [5.74, 6) is 2.00. The van der Waals surface area contributed by atoms with E-state index in [0.717, 1.165) is 19.0 Å². The van der Waals surface area contributed by atoms with Gasteiger partial charge in [0.05, 0.1) is 0 Å². The Morgan fingerprint density at radius 2 is 2.17 bits per heavy atom. The fourth-order valence-electron chi connectivity index (χ4n) is 2.74. The van der Waals surface area contributed by atoms with Crippen LogP contribution in [0.5, 0.6) is 0 Å². The van der Waals surface area contributed by atoms with Crippen LogP contribution < -0.4 is 10.2 Å². The normalized spacial score (nSPS) is 16.8. The summed E-state index contributed by atoms with van der Waals surface area (Å²) in [6, 6.07) is 4.18. The summed E-state index contributed by atoms with van der Waals surface area (Å²) in [6.45, 7) is 9.02. The molecule has 1 aliphatic heterocycles. The van der Waals surface area contributed by atoms with E-state index in [0.29, 0.717) is 0 Å². The number of aryl methyl sites for hydroxylation is 1. The second kappa shape index (κ2) is 6.74. The van der Waals surface area contributed by atoms with Gasteiger partial charge in [0.1, 0.15) is 5.82 Å². The van der Waals surface area contributed by atoms with E-state index in [4.69, 9.17) is 0 Å². The molecular formula is C15H25N3. The molecule has 0 radical (unpaired) electrons. The number of piperidine rings is 1. The minimum Gasteiger partial charge on any atom is -0.356 e. The minimum absolute atomic E-state index is 0.819. The topological polar surface area (TPSA) is 28.2 Å². The third kappa shape index (κ3) is 3.45. The predicted molar refractivity (Wildman–Crippen MR) is 77.1 cm³/mol. The van der Waals surface area contributed by atoms with Crippen molar-refractivity contribution in [2.75, 3.05) is 31.1 Å². The molecular weight excluding hydrogens is 222 g/mol. The lowest BCUT2D eigenvalue weighted by Crippen LogP contribution is -2.37. The monoisotopic (exact) mass is 247 g/mol. The number of hydrogen-bond acceptors (Lipinski definition) is 3. The van der Waals surface area contributed by atoms with Crippen molar-refractivity contribution in [3.05, 3.63) is 23.9 Å². The molecule has 3 heteroatoms. The summed E-state index contributed by atoms with van der Waals surface area (Å²) in [4.78, 5) is 7.05. The molecule has 0 spiro atoms. The van der Waals surface area contributed by atoms with E-state index < -0.39 is 0 Å². The molecule has 0 unspecified atom stereocenters. The average Bonchev–Trinajstić information content (AvgIpc) is 2.40. The number of aromatic nitrogens is 1. The van der Waals surface area contributed by atoms with Crippen molar-refractivity contribution in [1.82, 2.24) is 10.3 Å². The van der Waals surface area contributed by atoms with E-state index in [-0.39, 0.29) is 0 Å². The van der Waals surface area contributed by atoms with Gasteiger partial charge >= 0.3 is 0 Å². The second-order valence-corrected chi connectivity index (χ2v) is 5.28. The van der Waals surface area contributed by atoms with Crippen molar-refractivity contribution in [2.24, 2.45) is 5.92 Å². The van der Waals surface area contributed by atoms with Gasteiger partial charge < -0.3 is 10.2 Å². The van der Waals surface area contributed by atoms with E-state index in [9.17, 15) is 0 Å². The fraction of sp³-hybridized carbons (Fsp3) is 0.667. The molecule has 100 valence electrons. The standard InChI is InChI=1S/C15H25N3/c1-3-11-18(12-14-6-9-16-10-7-14)15-13(2)5-4-8-17-15/h4-5,8,14,16H,3,6-7,9-12H2,1-2H3. The van der Waals surface area contributed by atoms with Gasteiger partial charge in [0.2, 0.25) is 0 Å². The first-order valence-corrected chi connectivity index (χ1v) is 7.18. The van der Waals surface area contributed by atoms with Crippen LogP contribution in [0.4, 0.5) is 5.82 Å². The van der Waals surface area contributed by atoms with Gasteiger partial charge in [0.25, 0.3) is 0 Å². The smallest absolute Gasteiger partial charge is 0.131 e. The summed E-state index contributed by atoms with van der Waals surface area (Å²) in [5.41, 5.74) is 1.29. The highest BCUT2D eigenvalue weighted by Crippen LogP contribution is 2.21. The summed E-state index contributed by atoms with van der Waals surface area (Å²) in [6.07, 6.45) is 5.69. The SMILES string of the molecule is CCCN(CC1CCNCC1)c1ncccc1C. The highest BCUT2D eigenvalue weighted by molar-refractivity contribution is 5.45. The first-order chi connectivity index (χ1) is 8.81. The maximum Gasteiger partial charge on any atom is 0.131 e. The van der Waals surface area contributed by atoms with E-state index in [2.05, 4.69) is 35.1 Å². The van der Waals surface area contributed by atoms with Crippen molar-refractivity contribution in [3.63, 3.8) is 0 Å². The van der Waals surface area contributed by atoms with Crippen LogP contribution in [-0.2, 0) is 0 Å². The molecule has 0 aliphatic carbocycles. The van der Waals surface area contributed by atoms with Crippen LogP contribution in [0.3, 0.4) is 0 Å². The third-order valence-electron chi connectivity index (χ3n) is 3.71. The molecule has 0 bridgehead atoms. The Balaban J connectivity index is 2.05. The van der Waals surface area contributed by atoms with Crippen LogP contribution in [0, 0.1) is 12.8 Å². The molecule has 0 saturated carbocycles. The number of pyridine rings is 1. The van der Waals surface area contributed by atoms with Crippen molar-refractivity contribution < 1.29 is 0 Å². The molecule has 3 nitrogen and oxygen atoms in total. The summed E-state index contributed by atoms with van der Waals surface area (Å²) in [5, 5.41) is 3.44. The van der Waals surface area contributed by atoms with Crippen LogP contribution in [-0.4, -0.2) is 31.2 Å². The minimum atomic E-state index is 0.819. The van der Waals surface area contributed by atoms with Crippen LogP contribution in [0.2, 0.25) is 0 Å². The zero-order valence-corrected chi connectivity index (χ0v) is 11.7. The number of anilines is 1. The molecule has 1 N–H and O–H groups in total. The molecule has 2 rings (SSSR count). The lowest BCUT2D eigenvalue weighted by atomic mass is 9.97. The zero-order chi connectivity index (χ0) is 12.8. The molecule has 1 saturated heterocycles. The Bertz CT molecular complexity index is 359. The van der Waals surface area contributed by atoms with E-state index in [1.165, 1.54) is 43.7 Å². The Kier molecular flexibility index (Phi) is 5.00. The van der Waals surface area contributed by atoms with Gasteiger partial charge in [-0.2, -0.15) is 0 Å². The number of hydrogen-bond donors (Lipinski definition) is 1. The van der Waals surface area contributed by atoms with Crippen LogP contribution in [0.15, 0.2) is 18.3 Å². The van der Waals surface area contributed by atoms with Crippen molar-refractivity contribution in [1.29, 1.82) is 0 Å². The lowest BCUT2D eigenvalue weighted by Gasteiger charge is -2.31. The fourth-order valence-corrected chi connectivity index (χ4v) is 2.74. The van der Waals surface area contributed by atoms with Crippen molar-refractivity contribution in [2.45, 2.75) is 33.1 Å². The van der Waals surface area contributed by atoms with Crippen LogP contribution >= 0.6 is 0 Å². The molecule has 0 amide bonds. The molecule has 1 aliphatic rings. The third-order valence-corrected chi connectivity index (χ3v) is 3.71. The molecule has 0 atom stereocenters. The number of nitrogens with zero attached hydrogens (tertiary/aromatic N) is 2. The summed E-state index contributed by atoms with van der Waals surface area (Å²) in [7, 11) is 0. The Labute approximate surface area is 111 Å². The lowest BCUT2D eigenvalue weighted by molar-refractivity contribution is 0.372.